The number of carbonyl (C=O) groups excluding carboxylic acids is 1. The number of urea groups is 1. The van der Waals surface area contributed by atoms with Gasteiger partial charge in [-0.25, -0.2) is 4.79 Å². The van der Waals surface area contributed by atoms with Gasteiger partial charge in [-0.2, -0.15) is 0 Å². The summed E-state index contributed by atoms with van der Waals surface area (Å²) >= 11 is 35.4. The molecular formula is C17H14Cl6N2O3. The number of para-hydroxylation sites is 2. The Morgan fingerprint density at radius 3 is 1.29 bits per heavy atom. The van der Waals surface area contributed by atoms with Crippen molar-refractivity contribution >= 4 is 75.6 Å². The molecule has 5 nitrogen and oxygen atoms in total. The minimum absolute atomic E-state index is 0.373. The molecule has 0 saturated heterocycles. The summed E-state index contributed by atoms with van der Waals surface area (Å²) in [4.78, 5) is 12.4. The van der Waals surface area contributed by atoms with Gasteiger partial charge in [0, 0.05) is 0 Å². The summed E-state index contributed by atoms with van der Waals surface area (Å²) in [5, 5.41) is 4.74. The van der Waals surface area contributed by atoms with Crippen LogP contribution in [0, 0.1) is 0 Å². The van der Waals surface area contributed by atoms with Gasteiger partial charge in [0.1, 0.15) is 11.5 Å². The van der Waals surface area contributed by atoms with E-state index in [9.17, 15) is 4.79 Å². The Morgan fingerprint density at radius 2 is 1.00 bits per heavy atom. The van der Waals surface area contributed by atoms with Crippen molar-refractivity contribution in [3.63, 3.8) is 0 Å². The first kappa shape index (κ1) is 23.3. The van der Waals surface area contributed by atoms with Crippen LogP contribution in [0.25, 0.3) is 0 Å². The second-order valence-corrected chi connectivity index (χ2v) is 10.1. The minimum Gasteiger partial charge on any atom is -0.466 e. The van der Waals surface area contributed by atoms with Crippen LogP contribution in [0.5, 0.6) is 11.5 Å². The lowest BCUT2D eigenvalue weighted by atomic mass is 10.3. The Kier molecular flexibility index (Phi) is 8.49. The summed E-state index contributed by atoms with van der Waals surface area (Å²) in [5.41, 5.74) is 0. The molecule has 0 radical (unpaired) electrons. The molecule has 2 amide bonds. The first-order chi connectivity index (χ1) is 13.1. The predicted molar refractivity (Wildman–Crippen MR) is 114 cm³/mol. The number of rotatable bonds is 6. The molecule has 0 heterocycles. The Morgan fingerprint density at radius 1 is 0.679 bits per heavy atom. The van der Waals surface area contributed by atoms with E-state index in [4.69, 9.17) is 79.1 Å². The number of benzene rings is 2. The van der Waals surface area contributed by atoms with E-state index in [-0.39, 0.29) is 0 Å². The molecule has 0 spiro atoms. The van der Waals surface area contributed by atoms with Crippen LogP contribution in [-0.2, 0) is 0 Å². The third-order valence-corrected chi connectivity index (χ3v) is 4.30. The molecule has 2 rings (SSSR count). The normalized spacial score (nSPS) is 13.9. The highest BCUT2D eigenvalue weighted by molar-refractivity contribution is 6.68. The zero-order valence-corrected chi connectivity index (χ0v) is 18.5. The molecule has 2 aromatic rings. The molecular weight excluding hydrogens is 493 g/mol. The van der Waals surface area contributed by atoms with Crippen molar-refractivity contribution in [1.29, 1.82) is 0 Å². The van der Waals surface area contributed by atoms with E-state index in [1.165, 1.54) is 0 Å². The van der Waals surface area contributed by atoms with E-state index >= 15 is 0 Å². The summed E-state index contributed by atoms with van der Waals surface area (Å²) < 4.78 is 7.09. The van der Waals surface area contributed by atoms with E-state index in [1.54, 1.807) is 60.7 Å². The summed E-state index contributed by atoms with van der Waals surface area (Å²) in [6, 6.07) is 16.1. The van der Waals surface area contributed by atoms with Crippen molar-refractivity contribution in [2.75, 3.05) is 0 Å². The van der Waals surface area contributed by atoms with Crippen LogP contribution >= 0.6 is 69.6 Å². The maximum Gasteiger partial charge on any atom is 0.320 e. The van der Waals surface area contributed by atoms with Crippen LogP contribution in [0.4, 0.5) is 4.79 Å². The Labute approximate surface area is 192 Å². The van der Waals surface area contributed by atoms with E-state index in [0.717, 1.165) is 0 Å². The van der Waals surface area contributed by atoms with E-state index in [0.29, 0.717) is 11.5 Å². The van der Waals surface area contributed by atoms with Crippen LogP contribution in [-0.4, -0.2) is 26.1 Å². The number of alkyl halides is 6. The molecule has 0 aliphatic carbocycles. The molecule has 2 atom stereocenters. The highest BCUT2D eigenvalue weighted by Gasteiger charge is 2.40. The fourth-order valence-electron chi connectivity index (χ4n) is 1.91. The molecule has 152 valence electrons. The van der Waals surface area contributed by atoms with E-state index in [1.807, 2.05) is 0 Å². The Bertz CT molecular complexity index is 689. The number of nitrogens with one attached hydrogen (secondary N) is 2. The zero-order valence-electron chi connectivity index (χ0n) is 13.9. The molecule has 0 unspecified atom stereocenters. The van der Waals surface area contributed by atoms with Gasteiger partial charge in [-0.05, 0) is 24.3 Å². The number of ether oxygens (including phenoxy) is 2. The molecule has 2 N–H and O–H groups in total. The summed E-state index contributed by atoms with van der Waals surface area (Å²) in [6.45, 7) is 0. The molecule has 0 fully saturated rings. The standard InChI is InChI=1S/C17H14Cl6N2O3/c18-16(19,20)13(27-11-7-3-1-4-8-11)24-15(26)25-14(17(21,22)23)28-12-9-5-2-6-10-12/h1-10,13-14H,(H2,24,25,26)/t13-,14-/m1/s1. The van der Waals surface area contributed by atoms with Crippen molar-refractivity contribution in [2.45, 2.75) is 20.0 Å². The smallest absolute Gasteiger partial charge is 0.320 e. The van der Waals surface area contributed by atoms with Gasteiger partial charge in [0.2, 0.25) is 20.0 Å². The first-order valence-corrected chi connectivity index (χ1v) is 9.96. The van der Waals surface area contributed by atoms with Gasteiger partial charge < -0.3 is 9.47 Å². The van der Waals surface area contributed by atoms with Gasteiger partial charge in [-0.1, -0.05) is 106 Å². The molecule has 0 aliphatic rings. The second-order valence-electron chi connectivity index (χ2n) is 5.32. The van der Waals surface area contributed by atoms with Gasteiger partial charge >= 0.3 is 6.03 Å². The predicted octanol–water partition coefficient (Wildman–Crippen LogP) is 5.84. The highest BCUT2D eigenvalue weighted by Crippen LogP contribution is 2.33. The molecule has 0 aromatic heterocycles. The summed E-state index contributed by atoms with van der Waals surface area (Å²) in [6.07, 6.45) is -2.68. The van der Waals surface area contributed by atoms with Crippen LogP contribution in [0.1, 0.15) is 0 Å². The minimum atomic E-state index is -1.98. The molecule has 0 bridgehead atoms. The third kappa shape index (κ3) is 7.82. The quantitative estimate of drug-likeness (QED) is 0.382. The largest absolute Gasteiger partial charge is 0.466 e. The number of amides is 2. The molecule has 0 saturated carbocycles. The molecule has 0 aliphatic heterocycles. The van der Waals surface area contributed by atoms with Gasteiger partial charge in [0.25, 0.3) is 0 Å². The third-order valence-electron chi connectivity index (χ3n) is 3.11. The van der Waals surface area contributed by atoms with Crippen molar-refractivity contribution in [3.05, 3.63) is 60.7 Å². The second kappa shape index (κ2) is 10.2. The monoisotopic (exact) mass is 504 g/mol. The Balaban J connectivity index is 2.08. The first-order valence-electron chi connectivity index (χ1n) is 7.69. The fourth-order valence-corrected chi connectivity index (χ4v) is 2.50. The zero-order chi connectivity index (χ0) is 20.8. The van der Waals surface area contributed by atoms with Crippen LogP contribution in [0.2, 0.25) is 0 Å². The SMILES string of the molecule is O=C(N[C@H](Oc1ccccc1)C(Cl)(Cl)Cl)N[C@H](Oc1ccccc1)C(Cl)(Cl)Cl. The van der Waals surface area contributed by atoms with Gasteiger partial charge in [0.15, 0.2) is 0 Å². The average Bonchev–Trinajstić information content (AvgIpc) is 2.61. The van der Waals surface area contributed by atoms with Gasteiger partial charge in [-0.3, -0.25) is 10.6 Å². The highest BCUT2D eigenvalue weighted by atomic mass is 35.6. The fraction of sp³-hybridized carbons (Fsp3) is 0.235. The van der Waals surface area contributed by atoms with Crippen molar-refractivity contribution in [3.8, 4) is 11.5 Å². The van der Waals surface area contributed by atoms with E-state index in [2.05, 4.69) is 10.6 Å². The van der Waals surface area contributed by atoms with Crippen LogP contribution in [0.3, 0.4) is 0 Å². The van der Waals surface area contributed by atoms with Crippen LogP contribution < -0.4 is 20.1 Å². The maximum absolute atomic E-state index is 12.4. The van der Waals surface area contributed by atoms with Gasteiger partial charge in [-0.15, -0.1) is 0 Å². The number of hydrogen-bond acceptors (Lipinski definition) is 3. The van der Waals surface area contributed by atoms with Crippen molar-refractivity contribution in [2.24, 2.45) is 0 Å². The number of hydrogen-bond donors (Lipinski definition) is 2. The topological polar surface area (TPSA) is 59.6 Å². The summed E-state index contributed by atoms with van der Waals surface area (Å²) in [7, 11) is 0. The lowest BCUT2D eigenvalue weighted by Crippen LogP contribution is -2.56. The number of halogens is 6. The lowest BCUT2D eigenvalue weighted by molar-refractivity contribution is 0.141. The molecule has 11 heteroatoms. The molecule has 28 heavy (non-hydrogen) atoms. The average molecular weight is 507 g/mol. The lowest BCUT2D eigenvalue weighted by Gasteiger charge is -2.29. The summed E-state index contributed by atoms with van der Waals surface area (Å²) in [5.74, 6) is 0.746. The van der Waals surface area contributed by atoms with Crippen molar-refractivity contribution in [1.82, 2.24) is 10.6 Å². The van der Waals surface area contributed by atoms with Crippen LogP contribution in [0.15, 0.2) is 60.7 Å². The Hall–Kier alpha value is -0.950. The number of carbonyl (C=O) groups is 1. The molecule has 2 aromatic carbocycles. The maximum atomic E-state index is 12.4. The van der Waals surface area contributed by atoms with Gasteiger partial charge in [0.05, 0.1) is 0 Å². The van der Waals surface area contributed by atoms with E-state index < -0.39 is 26.1 Å². The van der Waals surface area contributed by atoms with Crippen molar-refractivity contribution < 1.29 is 14.3 Å².